The Hall–Kier alpha value is -0.200. The molecule has 4 aliphatic carbocycles. The van der Waals surface area contributed by atoms with Crippen LogP contribution in [0.4, 0.5) is 0 Å². The zero-order chi connectivity index (χ0) is 18.2. The first kappa shape index (κ1) is 16.9. The number of hydrogen-bond acceptors (Lipinski definition) is 5. The van der Waals surface area contributed by atoms with Gasteiger partial charge in [-0.2, -0.15) is 0 Å². The largest absolute Gasteiger partial charge is 0.396 e. The molecule has 5 aliphatic rings. The summed E-state index contributed by atoms with van der Waals surface area (Å²) in [5, 5.41) is 45.4. The Balaban J connectivity index is 1.77. The van der Waals surface area contributed by atoms with Gasteiger partial charge in [0.25, 0.3) is 0 Å². The topological polar surface area (TPSA) is 90.2 Å². The van der Waals surface area contributed by atoms with E-state index in [9.17, 15) is 20.4 Å². The van der Waals surface area contributed by atoms with Crippen molar-refractivity contribution in [1.82, 2.24) is 0 Å². The third-order valence-corrected chi connectivity index (χ3v) is 9.97. The fourth-order valence-corrected chi connectivity index (χ4v) is 8.65. The van der Waals surface area contributed by atoms with E-state index < -0.39 is 33.9 Å². The number of aliphatic hydroxyl groups is 4. The fraction of sp³-hybridized carbons (Fsp3) is 1.00. The minimum absolute atomic E-state index is 0.0252. The van der Waals surface area contributed by atoms with Gasteiger partial charge >= 0.3 is 0 Å². The number of hydrogen-bond donors (Lipinski definition) is 4. The molecule has 1 saturated heterocycles. The number of rotatable bonds is 2. The van der Waals surface area contributed by atoms with Crippen molar-refractivity contribution in [2.45, 2.75) is 76.5 Å². The average molecular weight is 352 g/mol. The van der Waals surface area contributed by atoms with Gasteiger partial charge < -0.3 is 25.2 Å². The monoisotopic (exact) mass is 352 g/mol. The van der Waals surface area contributed by atoms with E-state index in [0.717, 1.165) is 19.3 Å². The standard InChI is InChI=1S/C20H32O5/c1-10-5-6-18(22)14(10)15-20(24)13-7-12(11(2)8-21)17(20,4)19(23,25-15)9-16(13,18)3/h10-15,21-24H,5-9H2,1-4H3/t10-,11+,12+,13+,14+,15-,16-,17-,18-,19+,20-/m1/s1. The Kier molecular flexibility index (Phi) is 2.90. The Morgan fingerprint density at radius 3 is 2.52 bits per heavy atom. The van der Waals surface area contributed by atoms with Crippen LogP contribution in [0.1, 0.15) is 53.4 Å². The molecular formula is C20H32O5. The Morgan fingerprint density at radius 1 is 1.20 bits per heavy atom. The highest BCUT2D eigenvalue weighted by molar-refractivity contribution is 5.37. The van der Waals surface area contributed by atoms with Gasteiger partial charge in [0.15, 0.2) is 5.79 Å². The molecule has 0 amide bonds. The van der Waals surface area contributed by atoms with Crippen molar-refractivity contribution in [3.63, 3.8) is 0 Å². The van der Waals surface area contributed by atoms with Crippen molar-refractivity contribution in [2.75, 3.05) is 6.61 Å². The molecule has 5 nitrogen and oxygen atoms in total. The molecule has 142 valence electrons. The predicted molar refractivity (Wildman–Crippen MR) is 90.3 cm³/mol. The SMILES string of the molecule is C[C@@H]1CC[C@@]2(O)[C@@H]1[C@H]1O[C@@]3(O)C[C@]2(C)[C@@H]2C[C@@H]([C@@H](C)CO)[C@@]3(C)[C@]12O. The molecule has 0 spiro atoms. The summed E-state index contributed by atoms with van der Waals surface area (Å²) in [6, 6.07) is 0. The van der Waals surface area contributed by atoms with Crippen LogP contribution in [0.3, 0.4) is 0 Å². The van der Waals surface area contributed by atoms with E-state index in [2.05, 4.69) is 13.8 Å². The first-order valence-corrected chi connectivity index (χ1v) is 9.97. The fourth-order valence-electron chi connectivity index (χ4n) is 8.65. The normalized spacial score (nSPS) is 68.4. The predicted octanol–water partition coefficient (Wildman–Crippen LogP) is 1.28. The van der Waals surface area contributed by atoms with Gasteiger partial charge in [-0.05, 0) is 42.9 Å². The lowest BCUT2D eigenvalue weighted by Crippen LogP contribution is -2.75. The molecular weight excluding hydrogens is 320 g/mol. The summed E-state index contributed by atoms with van der Waals surface area (Å²) in [4.78, 5) is 0. The Bertz CT molecular complexity index is 640. The maximum Gasteiger partial charge on any atom is 0.175 e. The first-order valence-electron chi connectivity index (χ1n) is 9.97. The van der Waals surface area contributed by atoms with Gasteiger partial charge in [-0.3, -0.25) is 0 Å². The lowest BCUT2D eigenvalue weighted by Gasteiger charge is -2.64. The van der Waals surface area contributed by atoms with Crippen LogP contribution < -0.4 is 0 Å². The molecule has 0 unspecified atom stereocenters. The minimum atomic E-state index is -1.44. The van der Waals surface area contributed by atoms with E-state index in [4.69, 9.17) is 4.74 Å². The average Bonchev–Trinajstić information content (AvgIpc) is 2.97. The lowest BCUT2D eigenvalue weighted by atomic mass is 9.41. The summed E-state index contributed by atoms with van der Waals surface area (Å²) >= 11 is 0. The van der Waals surface area contributed by atoms with Crippen LogP contribution in [-0.4, -0.2) is 50.1 Å². The summed E-state index contributed by atoms with van der Waals surface area (Å²) in [5.74, 6) is -1.48. The van der Waals surface area contributed by atoms with Gasteiger partial charge in [0.1, 0.15) is 5.60 Å². The third kappa shape index (κ3) is 1.34. The molecule has 0 aromatic heterocycles. The van der Waals surface area contributed by atoms with Crippen LogP contribution in [-0.2, 0) is 4.74 Å². The lowest BCUT2D eigenvalue weighted by molar-refractivity contribution is -0.302. The van der Waals surface area contributed by atoms with Crippen LogP contribution in [0, 0.1) is 40.4 Å². The Labute approximate surface area is 149 Å². The third-order valence-electron chi connectivity index (χ3n) is 9.97. The molecule has 5 bridgehead atoms. The highest BCUT2D eigenvalue weighted by Gasteiger charge is 2.91. The van der Waals surface area contributed by atoms with E-state index in [0.29, 0.717) is 6.42 Å². The van der Waals surface area contributed by atoms with E-state index in [1.54, 1.807) is 0 Å². The van der Waals surface area contributed by atoms with E-state index in [1.165, 1.54) is 0 Å². The van der Waals surface area contributed by atoms with E-state index >= 15 is 0 Å². The zero-order valence-electron chi connectivity index (χ0n) is 15.7. The first-order chi connectivity index (χ1) is 11.5. The van der Waals surface area contributed by atoms with Crippen molar-refractivity contribution in [3.05, 3.63) is 0 Å². The molecule has 25 heavy (non-hydrogen) atoms. The molecule has 5 rings (SSSR count). The quantitative estimate of drug-likeness (QED) is 0.601. The second-order valence-corrected chi connectivity index (χ2v) is 10.5. The summed E-state index contributed by atoms with van der Waals surface area (Å²) < 4.78 is 6.31. The summed E-state index contributed by atoms with van der Waals surface area (Å²) in [5.41, 5.74) is -3.40. The molecule has 4 saturated carbocycles. The molecule has 5 fully saturated rings. The number of fused-ring (bicyclic) bond motifs is 3. The maximum atomic E-state index is 12.1. The number of aliphatic hydroxyl groups excluding tert-OH is 1. The van der Waals surface area contributed by atoms with Crippen molar-refractivity contribution in [2.24, 2.45) is 40.4 Å². The minimum Gasteiger partial charge on any atom is -0.396 e. The smallest absolute Gasteiger partial charge is 0.175 e. The van der Waals surface area contributed by atoms with Gasteiger partial charge in [-0.15, -0.1) is 0 Å². The molecule has 0 radical (unpaired) electrons. The summed E-state index contributed by atoms with van der Waals surface area (Å²) in [6.07, 6.45) is 2.23. The maximum absolute atomic E-state index is 12.1. The Morgan fingerprint density at radius 2 is 1.88 bits per heavy atom. The molecule has 1 heterocycles. The van der Waals surface area contributed by atoms with Crippen LogP contribution >= 0.6 is 0 Å². The van der Waals surface area contributed by atoms with E-state index in [1.807, 2.05) is 13.8 Å². The van der Waals surface area contributed by atoms with Crippen molar-refractivity contribution in [1.29, 1.82) is 0 Å². The molecule has 0 aromatic rings. The van der Waals surface area contributed by atoms with Crippen LogP contribution in [0.25, 0.3) is 0 Å². The molecule has 1 aliphatic heterocycles. The molecule has 4 N–H and O–H groups in total. The van der Waals surface area contributed by atoms with Crippen LogP contribution in [0.15, 0.2) is 0 Å². The summed E-state index contributed by atoms with van der Waals surface area (Å²) in [6.45, 7) is 8.19. The second-order valence-electron chi connectivity index (χ2n) is 10.5. The molecule has 5 heteroatoms. The van der Waals surface area contributed by atoms with Gasteiger partial charge in [-0.1, -0.05) is 27.7 Å². The highest BCUT2D eigenvalue weighted by atomic mass is 16.7. The van der Waals surface area contributed by atoms with Crippen molar-refractivity contribution in [3.8, 4) is 0 Å². The number of ether oxygens (including phenoxy) is 1. The molecule has 11 atom stereocenters. The summed E-state index contributed by atoms with van der Waals surface area (Å²) in [7, 11) is 0. The highest BCUT2D eigenvalue weighted by Crippen LogP contribution is 2.83. The van der Waals surface area contributed by atoms with Gasteiger partial charge in [0.2, 0.25) is 0 Å². The van der Waals surface area contributed by atoms with Crippen LogP contribution in [0.5, 0.6) is 0 Å². The van der Waals surface area contributed by atoms with Gasteiger partial charge in [-0.25, -0.2) is 0 Å². The van der Waals surface area contributed by atoms with Gasteiger partial charge in [0.05, 0.1) is 17.1 Å². The molecule has 0 aromatic carbocycles. The van der Waals surface area contributed by atoms with Gasteiger partial charge in [0, 0.05) is 24.4 Å². The zero-order valence-corrected chi connectivity index (χ0v) is 15.7. The second kappa shape index (κ2) is 4.27. The van der Waals surface area contributed by atoms with Crippen molar-refractivity contribution >= 4 is 0 Å². The van der Waals surface area contributed by atoms with Crippen LogP contribution in [0.2, 0.25) is 0 Å². The van der Waals surface area contributed by atoms with E-state index in [-0.39, 0.29) is 36.2 Å². The van der Waals surface area contributed by atoms with Crippen molar-refractivity contribution < 1.29 is 25.2 Å².